The molecule has 1 aromatic heterocycles. The van der Waals surface area contributed by atoms with E-state index in [0.29, 0.717) is 18.4 Å². The van der Waals surface area contributed by atoms with Crippen LogP contribution < -0.4 is 11.1 Å². The average molecular weight is 387 g/mol. The quantitative estimate of drug-likeness (QED) is 0.580. The van der Waals surface area contributed by atoms with E-state index in [0.717, 1.165) is 25.4 Å². The second-order valence-electron chi connectivity index (χ2n) is 7.34. The van der Waals surface area contributed by atoms with Gasteiger partial charge in [0.05, 0.1) is 25.3 Å². The summed E-state index contributed by atoms with van der Waals surface area (Å²) in [6, 6.07) is 12.9. The molecule has 0 spiro atoms. The molecule has 2 heterocycles. The predicted octanol–water partition coefficient (Wildman–Crippen LogP) is 4.06. The lowest BCUT2D eigenvalue weighted by Crippen LogP contribution is -2.44. The molecule has 1 saturated heterocycles. The molecule has 0 bridgehead atoms. The zero-order valence-electron chi connectivity index (χ0n) is 16.4. The molecule has 1 fully saturated rings. The Bertz CT molecular complexity index is 744. The number of nitrogens with two attached hydrogens (primary N) is 1. The third kappa shape index (κ3) is 5.54. The zero-order valence-corrected chi connectivity index (χ0v) is 17.2. The van der Waals surface area contributed by atoms with Crippen LogP contribution in [0.5, 0.6) is 0 Å². The summed E-state index contributed by atoms with van der Waals surface area (Å²) in [4.78, 5) is 8.43. The lowest BCUT2D eigenvalue weighted by Gasteiger charge is -2.36. The van der Waals surface area contributed by atoms with Gasteiger partial charge in [-0.1, -0.05) is 32.0 Å². The van der Waals surface area contributed by atoms with Gasteiger partial charge in [-0.3, -0.25) is 9.89 Å². The Morgan fingerprint density at radius 1 is 1.37 bits per heavy atom. The Hall–Kier alpha value is -1.89. The minimum Gasteiger partial charge on any atom is -0.376 e. The molecule has 1 aliphatic rings. The van der Waals surface area contributed by atoms with E-state index in [1.165, 1.54) is 10.4 Å². The molecule has 1 aromatic carbocycles. The minimum atomic E-state index is 0.235. The molecule has 2 aromatic rings. The molecule has 0 aliphatic carbocycles. The van der Waals surface area contributed by atoms with E-state index >= 15 is 0 Å². The maximum absolute atomic E-state index is 6.19. The van der Waals surface area contributed by atoms with Gasteiger partial charge in [-0.05, 0) is 42.0 Å². The van der Waals surface area contributed by atoms with Gasteiger partial charge in [0.2, 0.25) is 0 Å². The first-order chi connectivity index (χ1) is 13.0. The summed E-state index contributed by atoms with van der Waals surface area (Å²) in [7, 11) is 0. The highest BCUT2D eigenvalue weighted by atomic mass is 32.1. The van der Waals surface area contributed by atoms with E-state index in [4.69, 9.17) is 10.5 Å². The Morgan fingerprint density at radius 3 is 2.93 bits per heavy atom. The van der Waals surface area contributed by atoms with Crippen molar-refractivity contribution in [2.45, 2.75) is 38.8 Å². The van der Waals surface area contributed by atoms with E-state index in [-0.39, 0.29) is 12.1 Å². The van der Waals surface area contributed by atoms with E-state index in [1.54, 1.807) is 11.3 Å². The van der Waals surface area contributed by atoms with Gasteiger partial charge in [0.15, 0.2) is 5.96 Å². The summed E-state index contributed by atoms with van der Waals surface area (Å²) in [5.41, 5.74) is 8.45. The molecule has 5 nitrogen and oxygen atoms in total. The lowest BCUT2D eigenvalue weighted by molar-refractivity contribution is -0.0327. The maximum Gasteiger partial charge on any atom is 0.193 e. The van der Waals surface area contributed by atoms with Gasteiger partial charge in [0, 0.05) is 23.7 Å². The maximum atomic E-state index is 6.19. The van der Waals surface area contributed by atoms with Gasteiger partial charge in [-0.2, -0.15) is 0 Å². The number of nitrogens with one attached hydrogen (secondary N) is 1. The van der Waals surface area contributed by atoms with Crippen molar-refractivity contribution in [2.24, 2.45) is 10.7 Å². The summed E-state index contributed by atoms with van der Waals surface area (Å²) < 4.78 is 5.70. The summed E-state index contributed by atoms with van der Waals surface area (Å²) in [5.74, 6) is 0.940. The number of ether oxygens (including phenoxy) is 1. The monoisotopic (exact) mass is 386 g/mol. The summed E-state index contributed by atoms with van der Waals surface area (Å²) in [6.45, 7) is 9.74. The first-order valence-electron chi connectivity index (χ1n) is 9.59. The van der Waals surface area contributed by atoms with Gasteiger partial charge < -0.3 is 15.8 Å². The molecule has 3 rings (SSSR count). The number of rotatable bonds is 6. The molecule has 0 amide bonds. The van der Waals surface area contributed by atoms with Gasteiger partial charge in [-0.15, -0.1) is 11.3 Å². The van der Waals surface area contributed by atoms with Crippen molar-refractivity contribution in [3.8, 4) is 0 Å². The van der Waals surface area contributed by atoms with Crippen LogP contribution in [0.15, 0.2) is 46.8 Å². The average Bonchev–Trinajstić information content (AvgIpc) is 3.16. The van der Waals surface area contributed by atoms with Crippen LogP contribution in [0, 0.1) is 0 Å². The molecular weight excluding hydrogens is 356 g/mol. The molecular formula is C21H30N4OS. The predicted molar refractivity (Wildman–Crippen MR) is 115 cm³/mol. The third-order valence-electron chi connectivity index (χ3n) is 4.85. The Labute approximate surface area is 166 Å². The number of morpholine rings is 1. The van der Waals surface area contributed by atoms with Crippen LogP contribution >= 0.6 is 11.3 Å². The smallest absolute Gasteiger partial charge is 0.193 e. The van der Waals surface area contributed by atoms with Crippen LogP contribution in [-0.2, 0) is 4.74 Å². The van der Waals surface area contributed by atoms with Crippen molar-refractivity contribution in [3.05, 3.63) is 52.2 Å². The number of nitrogens with zero attached hydrogens (tertiary/aromatic N) is 2. The first kappa shape index (κ1) is 19.9. The standard InChI is InChI=1S/C21H30N4OS/c1-15(2)17-6-4-7-18(12-17)24-21(22)23-13-19(20-8-5-11-27-20)25-9-10-26-16(3)14-25/h4-8,11-12,15-16,19H,9-10,13-14H2,1-3H3,(H3,22,23,24). The molecule has 0 saturated carbocycles. The second-order valence-corrected chi connectivity index (χ2v) is 8.32. The Morgan fingerprint density at radius 2 is 2.22 bits per heavy atom. The number of aliphatic imine (C=N–C) groups is 1. The minimum absolute atomic E-state index is 0.235. The van der Waals surface area contributed by atoms with Crippen LogP contribution in [0.1, 0.15) is 43.2 Å². The largest absolute Gasteiger partial charge is 0.376 e. The van der Waals surface area contributed by atoms with Crippen molar-refractivity contribution >= 4 is 23.0 Å². The summed E-state index contributed by atoms with van der Waals surface area (Å²) >= 11 is 1.77. The van der Waals surface area contributed by atoms with Crippen LogP contribution in [0.3, 0.4) is 0 Å². The Kier molecular flexibility index (Phi) is 6.88. The Balaban J connectivity index is 1.69. The highest BCUT2D eigenvalue weighted by Crippen LogP contribution is 2.27. The van der Waals surface area contributed by atoms with Crippen molar-refractivity contribution in [2.75, 3.05) is 31.6 Å². The van der Waals surface area contributed by atoms with E-state index in [9.17, 15) is 0 Å². The number of hydrogen-bond acceptors (Lipinski definition) is 4. The molecule has 6 heteroatoms. The van der Waals surface area contributed by atoms with Crippen LogP contribution in [0.25, 0.3) is 0 Å². The van der Waals surface area contributed by atoms with E-state index in [1.807, 2.05) is 6.07 Å². The fourth-order valence-electron chi connectivity index (χ4n) is 3.34. The van der Waals surface area contributed by atoms with Gasteiger partial charge >= 0.3 is 0 Å². The third-order valence-corrected chi connectivity index (χ3v) is 5.82. The highest BCUT2D eigenvalue weighted by molar-refractivity contribution is 7.10. The number of hydrogen-bond donors (Lipinski definition) is 2. The number of guanidine groups is 1. The second kappa shape index (κ2) is 9.35. The normalized spacial score (nSPS) is 20.0. The SMILES string of the molecule is CC1CN(C(CN=C(N)Nc2cccc(C(C)C)c2)c2cccs2)CCO1. The zero-order chi connectivity index (χ0) is 19.2. The van der Waals surface area contributed by atoms with Crippen LogP contribution in [0.2, 0.25) is 0 Å². The summed E-state index contributed by atoms with van der Waals surface area (Å²) in [6.07, 6.45) is 0.249. The number of thiophene rings is 1. The fourth-order valence-corrected chi connectivity index (χ4v) is 4.19. The molecule has 0 radical (unpaired) electrons. The van der Waals surface area contributed by atoms with Crippen LogP contribution in [-0.4, -0.2) is 43.2 Å². The van der Waals surface area contributed by atoms with Gasteiger partial charge in [0.1, 0.15) is 0 Å². The number of anilines is 1. The molecule has 146 valence electrons. The highest BCUT2D eigenvalue weighted by Gasteiger charge is 2.26. The van der Waals surface area contributed by atoms with Crippen molar-refractivity contribution in [1.29, 1.82) is 0 Å². The molecule has 3 N–H and O–H groups in total. The molecule has 27 heavy (non-hydrogen) atoms. The van der Waals surface area contributed by atoms with Crippen molar-refractivity contribution < 1.29 is 4.74 Å². The summed E-state index contributed by atoms with van der Waals surface area (Å²) in [5, 5.41) is 5.36. The van der Waals surface area contributed by atoms with E-state index in [2.05, 4.69) is 71.7 Å². The molecule has 1 aliphatic heterocycles. The van der Waals surface area contributed by atoms with Crippen molar-refractivity contribution in [1.82, 2.24) is 4.90 Å². The molecule has 2 unspecified atom stereocenters. The van der Waals surface area contributed by atoms with Crippen LogP contribution in [0.4, 0.5) is 5.69 Å². The van der Waals surface area contributed by atoms with Gasteiger partial charge in [-0.25, -0.2) is 0 Å². The van der Waals surface area contributed by atoms with E-state index < -0.39 is 0 Å². The lowest BCUT2D eigenvalue weighted by atomic mass is 10.0. The number of benzene rings is 1. The molecule has 2 atom stereocenters. The fraction of sp³-hybridized carbons (Fsp3) is 0.476. The first-order valence-corrected chi connectivity index (χ1v) is 10.5. The van der Waals surface area contributed by atoms with Gasteiger partial charge in [0.25, 0.3) is 0 Å². The topological polar surface area (TPSA) is 62.9 Å². The van der Waals surface area contributed by atoms with Crippen molar-refractivity contribution in [3.63, 3.8) is 0 Å².